The Bertz CT molecular complexity index is 507. The molecular formula is C15H21NO5. The Hall–Kier alpha value is -2.08. The van der Waals surface area contributed by atoms with E-state index in [0.29, 0.717) is 11.3 Å². The molecule has 3 N–H and O–H groups in total. The molecule has 1 aromatic rings. The quantitative estimate of drug-likeness (QED) is 0.690. The first kappa shape index (κ1) is 17.0. The molecule has 0 saturated carbocycles. The third kappa shape index (κ3) is 5.83. The summed E-state index contributed by atoms with van der Waals surface area (Å²) >= 11 is 0. The topological polar surface area (TPSA) is 95.9 Å². The van der Waals surface area contributed by atoms with Gasteiger partial charge in [-0.2, -0.15) is 0 Å². The third-order valence-electron chi connectivity index (χ3n) is 2.63. The van der Waals surface area contributed by atoms with Crippen molar-refractivity contribution in [1.82, 2.24) is 0 Å². The number of carbonyl (C=O) groups is 2. The van der Waals surface area contributed by atoms with Gasteiger partial charge >= 0.3 is 11.9 Å². The van der Waals surface area contributed by atoms with Crippen LogP contribution in [0.5, 0.6) is 0 Å². The number of rotatable bonds is 6. The second-order valence-corrected chi connectivity index (χ2v) is 5.64. The van der Waals surface area contributed by atoms with Gasteiger partial charge in [0.1, 0.15) is 18.1 Å². The number of benzene rings is 1. The van der Waals surface area contributed by atoms with E-state index in [0.717, 1.165) is 0 Å². The van der Waals surface area contributed by atoms with Crippen molar-refractivity contribution in [2.45, 2.75) is 32.3 Å². The van der Waals surface area contributed by atoms with Crippen LogP contribution in [0.15, 0.2) is 24.3 Å². The second-order valence-electron chi connectivity index (χ2n) is 5.64. The van der Waals surface area contributed by atoms with Crippen LogP contribution in [0.1, 0.15) is 32.3 Å². The van der Waals surface area contributed by atoms with Crippen LogP contribution >= 0.6 is 0 Å². The van der Waals surface area contributed by atoms with E-state index in [1.54, 1.807) is 45.0 Å². The molecule has 6 heteroatoms. The van der Waals surface area contributed by atoms with Gasteiger partial charge in [-0.1, -0.05) is 12.1 Å². The number of aliphatic carboxylic acids is 1. The second kappa shape index (κ2) is 7.08. The lowest BCUT2D eigenvalue weighted by molar-refractivity contribution is -0.152. The van der Waals surface area contributed by atoms with Crippen LogP contribution in [0.25, 0.3) is 0 Å². The van der Waals surface area contributed by atoms with Crippen molar-refractivity contribution in [3.05, 3.63) is 29.8 Å². The smallest absolute Gasteiger partial charge is 0.325 e. The molecule has 0 spiro atoms. The molecule has 0 aliphatic carbocycles. The van der Waals surface area contributed by atoms with E-state index in [4.69, 9.17) is 14.9 Å². The van der Waals surface area contributed by atoms with Gasteiger partial charge in [0.15, 0.2) is 0 Å². The van der Waals surface area contributed by atoms with Crippen molar-refractivity contribution < 1.29 is 24.5 Å². The molecule has 1 unspecified atom stereocenters. The van der Waals surface area contributed by atoms with Gasteiger partial charge in [0.2, 0.25) is 0 Å². The molecule has 21 heavy (non-hydrogen) atoms. The molecule has 0 heterocycles. The molecule has 0 bridgehead atoms. The minimum atomic E-state index is -1.10. The average Bonchev–Trinajstić information content (AvgIpc) is 2.35. The van der Waals surface area contributed by atoms with Crippen molar-refractivity contribution in [3.8, 4) is 0 Å². The summed E-state index contributed by atoms with van der Waals surface area (Å²) in [7, 11) is 0. The molecule has 1 atom stereocenters. The summed E-state index contributed by atoms with van der Waals surface area (Å²) in [6.07, 6.45) is 0. The van der Waals surface area contributed by atoms with Crippen LogP contribution in [0.4, 0.5) is 5.69 Å². The highest BCUT2D eigenvalue weighted by Gasteiger charge is 2.19. The number of anilines is 1. The van der Waals surface area contributed by atoms with Crippen molar-refractivity contribution in [2.75, 3.05) is 18.5 Å². The number of aliphatic hydroxyl groups is 1. The van der Waals surface area contributed by atoms with Gasteiger partial charge in [-0.05, 0) is 38.5 Å². The monoisotopic (exact) mass is 295 g/mol. The molecule has 1 rings (SSSR count). The zero-order valence-corrected chi connectivity index (χ0v) is 12.4. The Morgan fingerprint density at radius 2 is 2.00 bits per heavy atom. The van der Waals surface area contributed by atoms with Crippen LogP contribution in [-0.2, 0) is 14.3 Å². The molecule has 0 aliphatic rings. The Morgan fingerprint density at radius 3 is 2.52 bits per heavy atom. The van der Waals surface area contributed by atoms with Gasteiger partial charge in [0.25, 0.3) is 0 Å². The lowest BCUT2D eigenvalue weighted by Crippen LogP contribution is -2.28. The summed E-state index contributed by atoms with van der Waals surface area (Å²) < 4.78 is 5.16. The average molecular weight is 295 g/mol. The molecule has 0 radical (unpaired) electrons. The van der Waals surface area contributed by atoms with E-state index >= 15 is 0 Å². The molecule has 0 aliphatic heterocycles. The summed E-state index contributed by atoms with van der Waals surface area (Å²) in [5, 5.41) is 21.0. The van der Waals surface area contributed by atoms with E-state index in [1.165, 1.54) is 0 Å². The van der Waals surface area contributed by atoms with Crippen LogP contribution in [0.3, 0.4) is 0 Å². The Labute approximate surface area is 123 Å². The van der Waals surface area contributed by atoms with Crippen LogP contribution in [0.2, 0.25) is 0 Å². The number of esters is 1. The van der Waals surface area contributed by atoms with E-state index in [9.17, 15) is 9.59 Å². The maximum atomic E-state index is 11.6. The normalized spacial score (nSPS) is 12.6. The first-order chi connectivity index (χ1) is 9.73. The standard InChI is InChI=1S/C15H21NO5/c1-15(2,3)21-13(18)8-16-11-6-4-5-10(7-11)12(9-17)14(19)20/h4-7,12,16-17H,8-9H2,1-3H3,(H,19,20). The fourth-order valence-corrected chi connectivity index (χ4v) is 1.74. The van der Waals surface area contributed by atoms with Gasteiger partial charge in [-0.15, -0.1) is 0 Å². The highest BCUT2D eigenvalue weighted by atomic mass is 16.6. The first-order valence-electron chi connectivity index (χ1n) is 6.62. The number of hydrogen-bond donors (Lipinski definition) is 3. The predicted octanol–water partition coefficient (Wildman–Crippen LogP) is 1.60. The zero-order valence-electron chi connectivity index (χ0n) is 12.4. The minimum Gasteiger partial charge on any atom is -0.481 e. The van der Waals surface area contributed by atoms with Gasteiger partial charge < -0.3 is 20.3 Å². The molecule has 0 aromatic heterocycles. The number of carboxylic acids is 1. The summed E-state index contributed by atoms with van der Waals surface area (Å²) in [6.45, 7) is 4.85. The zero-order chi connectivity index (χ0) is 16.0. The van der Waals surface area contributed by atoms with Crippen molar-refractivity contribution in [1.29, 1.82) is 0 Å². The van der Waals surface area contributed by atoms with Crippen molar-refractivity contribution >= 4 is 17.6 Å². The fourth-order valence-electron chi connectivity index (χ4n) is 1.74. The Kier molecular flexibility index (Phi) is 5.72. The molecule has 0 amide bonds. The van der Waals surface area contributed by atoms with E-state index < -0.39 is 30.1 Å². The van der Waals surface area contributed by atoms with Crippen LogP contribution in [-0.4, -0.2) is 40.9 Å². The molecule has 0 fully saturated rings. The van der Waals surface area contributed by atoms with Crippen molar-refractivity contribution in [3.63, 3.8) is 0 Å². The fraction of sp³-hybridized carbons (Fsp3) is 0.467. The summed E-state index contributed by atoms with van der Waals surface area (Å²) in [5.41, 5.74) is 0.517. The number of nitrogens with one attached hydrogen (secondary N) is 1. The summed E-state index contributed by atoms with van der Waals surface area (Å²) in [4.78, 5) is 22.6. The molecule has 6 nitrogen and oxygen atoms in total. The maximum Gasteiger partial charge on any atom is 0.325 e. The lowest BCUT2D eigenvalue weighted by Gasteiger charge is -2.20. The number of carboxylic acid groups (broad SMARTS) is 1. The van der Waals surface area contributed by atoms with E-state index in [2.05, 4.69) is 5.32 Å². The third-order valence-corrected chi connectivity index (χ3v) is 2.63. The maximum absolute atomic E-state index is 11.6. The highest BCUT2D eigenvalue weighted by molar-refractivity contribution is 5.78. The van der Waals surface area contributed by atoms with Gasteiger partial charge in [-0.3, -0.25) is 9.59 Å². The highest BCUT2D eigenvalue weighted by Crippen LogP contribution is 2.19. The van der Waals surface area contributed by atoms with Gasteiger partial charge in [0.05, 0.1) is 6.61 Å². The van der Waals surface area contributed by atoms with Gasteiger partial charge in [0, 0.05) is 5.69 Å². The number of carbonyl (C=O) groups excluding carboxylic acids is 1. The largest absolute Gasteiger partial charge is 0.481 e. The molecule has 1 aromatic carbocycles. The van der Waals surface area contributed by atoms with E-state index in [1.807, 2.05) is 0 Å². The SMILES string of the molecule is CC(C)(C)OC(=O)CNc1cccc(C(CO)C(=O)O)c1. The minimum absolute atomic E-state index is 0.0163. The number of hydrogen-bond acceptors (Lipinski definition) is 5. The Balaban J connectivity index is 2.69. The lowest BCUT2D eigenvalue weighted by atomic mass is 10.00. The molecule has 116 valence electrons. The van der Waals surface area contributed by atoms with Crippen LogP contribution < -0.4 is 5.32 Å². The van der Waals surface area contributed by atoms with Gasteiger partial charge in [-0.25, -0.2) is 0 Å². The predicted molar refractivity (Wildman–Crippen MR) is 78.2 cm³/mol. The molecular weight excluding hydrogens is 274 g/mol. The van der Waals surface area contributed by atoms with E-state index in [-0.39, 0.29) is 6.54 Å². The summed E-state index contributed by atoms with van der Waals surface area (Å²) in [5.74, 6) is -2.47. The van der Waals surface area contributed by atoms with Crippen molar-refractivity contribution in [2.24, 2.45) is 0 Å². The number of aliphatic hydroxyl groups excluding tert-OH is 1. The first-order valence-corrected chi connectivity index (χ1v) is 6.62. The summed E-state index contributed by atoms with van der Waals surface area (Å²) in [6, 6.07) is 6.59. The molecule has 0 saturated heterocycles. The van der Waals surface area contributed by atoms with Crippen LogP contribution in [0, 0.1) is 0 Å². The Morgan fingerprint density at radius 1 is 1.33 bits per heavy atom. The number of ether oxygens (including phenoxy) is 1.